The molecule has 0 aliphatic heterocycles. The Labute approximate surface area is 151 Å². The summed E-state index contributed by atoms with van der Waals surface area (Å²) in [5.41, 5.74) is 4.13. The highest BCUT2D eigenvalue weighted by molar-refractivity contribution is 5.99. The molecule has 1 atom stereocenters. The molecule has 0 aliphatic rings. The molecule has 134 valence electrons. The second-order valence-electron chi connectivity index (χ2n) is 6.09. The smallest absolute Gasteiger partial charge is 0.338 e. The fourth-order valence-corrected chi connectivity index (χ4v) is 2.72. The van der Waals surface area contributed by atoms with Gasteiger partial charge in [-0.25, -0.2) is 9.78 Å². The summed E-state index contributed by atoms with van der Waals surface area (Å²) >= 11 is 0. The Bertz CT molecular complexity index is 941. The van der Waals surface area contributed by atoms with E-state index in [1.807, 2.05) is 32.0 Å². The Balaban J connectivity index is 1.73. The van der Waals surface area contributed by atoms with Crippen LogP contribution in [0.2, 0.25) is 0 Å². The Kier molecular flexibility index (Phi) is 5.02. The van der Waals surface area contributed by atoms with Gasteiger partial charge in [-0.05, 0) is 49.6 Å². The number of amides is 1. The molecule has 0 radical (unpaired) electrons. The van der Waals surface area contributed by atoms with Crippen LogP contribution in [0, 0.1) is 13.8 Å². The van der Waals surface area contributed by atoms with Crippen LogP contribution < -0.4 is 5.32 Å². The zero-order chi connectivity index (χ0) is 18.7. The first-order valence-corrected chi connectivity index (χ1v) is 8.41. The molecule has 0 spiro atoms. The first-order chi connectivity index (χ1) is 12.5. The molecule has 2 aromatic carbocycles. The van der Waals surface area contributed by atoms with Crippen LogP contribution in [-0.4, -0.2) is 23.0 Å². The van der Waals surface area contributed by atoms with E-state index in [2.05, 4.69) is 10.3 Å². The SMILES string of the molecule is CCC(OC(=O)c1ccc2ocnc2c1)C(=O)Nc1c(C)cccc1C. The largest absolute Gasteiger partial charge is 0.449 e. The van der Waals surface area contributed by atoms with E-state index in [1.54, 1.807) is 25.1 Å². The molecule has 0 aliphatic carbocycles. The van der Waals surface area contributed by atoms with Crippen LogP contribution in [0.4, 0.5) is 5.69 Å². The number of nitrogens with one attached hydrogen (secondary N) is 1. The highest BCUT2D eigenvalue weighted by Gasteiger charge is 2.23. The molecular formula is C20H20N2O4. The molecule has 0 fully saturated rings. The molecule has 1 N–H and O–H groups in total. The van der Waals surface area contributed by atoms with Gasteiger partial charge in [0.05, 0.1) is 5.56 Å². The van der Waals surface area contributed by atoms with Crippen LogP contribution in [0.3, 0.4) is 0 Å². The van der Waals surface area contributed by atoms with Crippen LogP contribution in [0.1, 0.15) is 34.8 Å². The number of carbonyl (C=O) groups excluding carboxylic acids is 2. The van der Waals surface area contributed by atoms with E-state index in [4.69, 9.17) is 9.15 Å². The quantitative estimate of drug-likeness (QED) is 0.702. The number of nitrogens with zero attached hydrogens (tertiary/aromatic N) is 1. The highest BCUT2D eigenvalue weighted by atomic mass is 16.5. The summed E-state index contributed by atoms with van der Waals surface area (Å²) < 4.78 is 10.6. The maximum absolute atomic E-state index is 12.6. The van der Waals surface area contributed by atoms with Gasteiger partial charge in [0.1, 0.15) is 5.52 Å². The van der Waals surface area contributed by atoms with Crippen LogP contribution >= 0.6 is 0 Å². The lowest BCUT2D eigenvalue weighted by Gasteiger charge is -2.18. The van der Waals surface area contributed by atoms with Gasteiger partial charge in [0, 0.05) is 5.69 Å². The van der Waals surface area contributed by atoms with Crippen molar-refractivity contribution in [1.29, 1.82) is 0 Å². The van der Waals surface area contributed by atoms with Crippen molar-refractivity contribution in [2.45, 2.75) is 33.3 Å². The van der Waals surface area contributed by atoms with Gasteiger partial charge in [-0.15, -0.1) is 0 Å². The average molecular weight is 352 g/mol. The van der Waals surface area contributed by atoms with Gasteiger partial charge >= 0.3 is 5.97 Å². The summed E-state index contributed by atoms with van der Waals surface area (Å²) in [7, 11) is 0. The van der Waals surface area contributed by atoms with E-state index in [-0.39, 0.29) is 5.91 Å². The standard InChI is InChI=1S/C20H20N2O4/c1-4-16(19(23)22-18-12(2)6-5-7-13(18)3)26-20(24)14-8-9-17-15(10-14)21-11-25-17/h5-11,16H,4H2,1-3H3,(H,22,23). The monoisotopic (exact) mass is 352 g/mol. The van der Waals surface area contributed by atoms with Crippen LogP contribution in [0.15, 0.2) is 47.2 Å². The lowest BCUT2D eigenvalue weighted by molar-refractivity contribution is -0.124. The second kappa shape index (κ2) is 7.39. The Morgan fingerprint density at radius 3 is 2.62 bits per heavy atom. The number of rotatable bonds is 5. The third kappa shape index (κ3) is 3.59. The van der Waals surface area contributed by atoms with Gasteiger partial charge in [0.25, 0.3) is 5.91 Å². The van der Waals surface area contributed by atoms with Crippen molar-refractivity contribution >= 4 is 28.7 Å². The summed E-state index contributed by atoms with van der Waals surface area (Å²) in [5.74, 6) is -0.917. The van der Waals surface area contributed by atoms with Crippen LogP contribution in [0.25, 0.3) is 11.1 Å². The van der Waals surface area contributed by atoms with Crippen LogP contribution in [-0.2, 0) is 9.53 Å². The molecule has 1 amide bonds. The minimum Gasteiger partial charge on any atom is -0.449 e. The third-order valence-electron chi connectivity index (χ3n) is 4.21. The number of benzene rings is 2. The first-order valence-electron chi connectivity index (χ1n) is 8.41. The molecule has 0 saturated carbocycles. The summed E-state index contributed by atoms with van der Waals surface area (Å²) in [4.78, 5) is 29.0. The molecule has 1 unspecified atom stereocenters. The number of oxazole rings is 1. The summed E-state index contributed by atoms with van der Waals surface area (Å²) in [6, 6.07) is 10.6. The predicted octanol–water partition coefficient (Wildman–Crippen LogP) is 4.02. The number of aryl methyl sites for hydroxylation is 2. The van der Waals surface area contributed by atoms with E-state index >= 15 is 0 Å². The van der Waals surface area contributed by atoms with E-state index in [0.29, 0.717) is 23.1 Å². The lowest BCUT2D eigenvalue weighted by atomic mass is 10.1. The molecule has 0 bridgehead atoms. The van der Waals surface area contributed by atoms with Gasteiger partial charge in [-0.1, -0.05) is 25.1 Å². The van der Waals surface area contributed by atoms with E-state index in [1.165, 1.54) is 6.39 Å². The van der Waals surface area contributed by atoms with Crippen molar-refractivity contribution in [3.8, 4) is 0 Å². The zero-order valence-electron chi connectivity index (χ0n) is 14.9. The number of aromatic nitrogens is 1. The molecular weight excluding hydrogens is 332 g/mol. The zero-order valence-corrected chi connectivity index (χ0v) is 14.9. The summed E-state index contributed by atoms with van der Waals surface area (Å²) in [6.45, 7) is 5.63. The lowest BCUT2D eigenvalue weighted by Crippen LogP contribution is -2.32. The van der Waals surface area contributed by atoms with Crippen molar-refractivity contribution in [2.75, 3.05) is 5.32 Å². The average Bonchev–Trinajstić information content (AvgIpc) is 3.10. The summed E-state index contributed by atoms with van der Waals surface area (Å²) in [5, 5.41) is 2.87. The number of hydrogen-bond donors (Lipinski definition) is 1. The van der Waals surface area contributed by atoms with E-state index in [0.717, 1.165) is 16.8 Å². The number of fused-ring (bicyclic) bond motifs is 1. The minimum atomic E-state index is -0.880. The first kappa shape index (κ1) is 17.7. The maximum atomic E-state index is 12.6. The molecule has 3 rings (SSSR count). The fraction of sp³-hybridized carbons (Fsp3) is 0.250. The number of carbonyl (C=O) groups is 2. The van der Waals surface area contributed by atoms with Gasteiger partial charge in [0.2, 0.25) is 0 Å². The Morgan fingerprint density at radius 1 is 1.19 bits per heavy atom. The van der Waals surface area contributed by atoms with Gasteiger partial charge in [-0.2, -0.15) is 0 Å². The van der Waals surface area contributed by atoms with E-state index < -0.39 is 12.1 Å². The number of ether oxygens (including phenoxy) is 1. The second-order valence-corrected chi connectivity index (χ2v) is 6.09. The number of hydrogen-bond acceptors (Lipinski definition) is 5. The van der Waals surface area contributed by atoms with Crippen LogP contribution in [0.5, 0.6) is 0 Å². The Hall–Kier alpha value is -3.15. The van der Waals surface area contributed by atoms with Crippen molar-refractivity contribution in [3.05, 3.63) is 59.5 Å². The van der Waals surface area contributed by atoms with Gasteiger partial charge in [0.15, 0.2) is 18.1 Å². The molecule has 6 nitrogen and oxygen atoms in total. The molecule has 1 aromatic heterocycles. The molecule has 26 heavy (non-hydrogen) atoms. The maximum Gasteiger partial charge on any atom is 0.338 e. The van der Waals surface area contributed by atoms with Gasteiger partial charge < -0.3 is 14.5 Å². The van der Waals surface area contributed by atoms with Crippen molar-refractivity contribution in [2.24, 2.45) is 0 Å². The normalized spacial score (nSPS) is 12.0. The third-order valence-corrected chi connectivity index (χ3v) is 4.21. The topological polar surface area (TPSA) is 81.4 Å². The highest BCUT2D eigenvalue weighted by Crippen LogP contribution is 2.21. The summed E-state index contributed by atoms with van der Waals surface area (Å²) in [6.07, 6.45) is 0.802. The predicted molar refractivity (Wildman–Crippen MR) is 98.0 cm³/mol. The van der Waals surface area contributed by atoms with Gasteiger partial charge in [-0.3, -0.25) is 4.79 Å². The molecule has 0 saturated heterocycles. The van der Waals surface area contributed by atoms with Crippen molar-refractivity contribution in [1.82, 2.24) is 4.98 Å². The number of para-hydroxylation sites is 1. The minimum absolute atomic E-state index is 0.324. The fourth-order valence-electron chi connectivity index (χ4n) is 2.72. The van der Waals surface area contributed by atoms with Crippen molar-refractivity contribution in [3.63, 3.8) is 0 Å². The van der Waals surface area contributed by atoms with Crippen molar-refractivity contribution < 1.29 is 18.7 Å². The van der Waals surface area contributed by atoms with E-state index in [9.17, 15) is 9.59 Å². The molecule has 3 aromatic rings. The Morgan fingerprint density at radius 2 is 1.92 bits per heavy atom. The molecule has 1 heterocycles. The molecule has 6 heteroatoms. The number of esters is 1. The number of anilines is 1.